The van der Waals surface area contributed by atoms with E-state index in [0.717, 1.165) is 39.2 Å². The number of nitrogens with zero attached hydrogens (tertiary/aromatic N) is 2. The summed E-state index contributed by atoms with van der Waals surface area (Å²) >= 11 is 0. The van der Waals surface area contributed by atoms with Gasteiger partial charge in [0.05, 0.1) is 23.3 Å². The van der Waals surface area contributed by atoms with E-state index in [1.54, 1.807) is 4.57 Å². The Balaban J connectivity index is 0.000000794. The third-order valence-electron chi connectivity index (χ3n) is 4.28. The first-order chi connectivity index (χ1) is 13.6. The largest absolute Gasteiger partial charge is 0.361 e. The van der Waals surface area contributed by atoms with Crippen molar-refractivity contribution in [3.63, 3.8) is 0 Å². The van der Waals surface area contributed by atoms with E-state index in [9.17, 15) is 4.79 Å². The molecule has 150 valence electrons. The summed E-state index contributed by atoms with van der Waals surface area (Å²) in [6.45, 7) is 12.3. The van der Waals surface area contributed by atoms with Crippen LogP contribution in [0.25, 0.3) is 22.2 Å². The van der Waals surface area contributed by atoms with E-state index in [1.165, 1.54) is 0 Å². The van der Waals surface area contributed by atoms with Gasteiger partial charge < -0.3 is 9.51 Å². The molecule has 1 N–H and O–H groups in total. The summed E-state index contributed by atoms with van der Waals surface area (Å²) in [7, 11) is 0. The number of rotatable bonds is 3. The van der Waals surface area contributed by atoms with Crippen molar-refractivity contribution in [3.05, 3.63) is 76.0 Å². The highest BCUT2D eigenvalue weighted by molar-refractivity contribution is 5.83. The summed E-state index contributed by atoms with van der Waals surface area (Å²) in [5.41, 5.74) is 5.51. The lowest BCUT2D eigenvalue weighted by atomic mass is 10.0. The first-order valence-corrected chi connectivity index (χ1v) is 9.83. The molecule has 0 saturated heterocycles. The predicted octanol–water partition coefficient (Wildman–Crippen LogP) is 5.95. The standard InChI is InChI=1S/C19H17N3O2.2C2H6.H2/c1-12-18(13(2)24-21-12)15-8-9-16-17(10-15)22(19(23)20-16)11-14-6-4-3-5-7-14;2*1-2;/h3-10H,11H2,1-2H3,(H,20,23);2*1-2H3;1H. The normalized spacial score (nSPS) is 10.1. The topological polar surface area (TPSA) is 63.8 Å². The highest BCUT2D eigenvalue weighted by Gasteiger charge is 2.14. The summed E-state index contributed by atoms with van der Waals surface area (Å²) in [6.07, 6.45) is 0. The number of aromatic nitrogens is 3. The fourth-order valence-electron chi connectivity index (χ4n) is 3.13. The second kappa shape index (κ2) is 9.74. The van der Waals surface area contributed by atoms with Gasteiger partial charge in [-0.25, -0.2) is 4.79 Å². The van der Waals surface area contributed by atoms with Gasteiger partial charge in [-0.2, -0.15) is 0 Å². The van der Waals surface area contributed by atoms with Crippen molar-refractivity contribution in [1.82, 2.24) is 14.7 Å². The molecular weight excluding hydrogens is 350 g/mol. The summed E-state index contributed by atoms with van der Waals surface area (Å²) in [5.74, 6) is 0.777. The van der Waals surface area contributed by atoms with Crippen molar-refractivity contribution in [1.29, 1.82) is 0 Å². The molecule has 0 radical (unpaired) electrons. The molecule has 0 fully saturated rings. The molecule has 5 heteroatoms. The van der Waals surface area contributed by atoms with E-state index in [1.807, 2.05) is 90.1 Å². The fraction of sp³-hybridized carbons (Fsp3) is 0.304. The molecule has 2 aromatic carbocycles. The van der Waals surface area contributed by atoms with Gasteiger partial charge in [-0.15, -0.1) is 0 Å². The Labute approximate surface area is 167 Å². The van der Waals surface area contributed by atoms with Crippen LogP contribution >= 0.6 is 0 Å². The van der Waals surface area contributed by atoms with Crippen molar-refractivity contribution < 1.29 is 5.95 Å². The number of nitrogens with one attached hydrogen (secondary N) is 1. The lowest BCUT2D eigenvalue weighted by Crippen LogP contribution is -2.17. The van der Waals surface area contributed by atoms with Gasteiger partial charge in [-0.05, 0) is 37.1 Å². The Morgan fingerprint density at radius 2 is 1.71 bits per heavy atom. The zero-order valence-electron chi connectivity index (χ0n) is 17.5. The van der Waals surface area contributed by atoms with Crippen LogP contribution in [0.15, 0.2) is 57.8 Å². The van der Waals surface area contributed by atoms with Crippen molar-refractivity contribution in [2.75, 3.05) is 0 Å². The Morgan fingerprint density at radius 3 is 2.32 bits per heavy atom. The first-order valence-electron chi connectivity index (χ1n) is 9.83. The maximum atomic E-state index is 12.4. The Morgan fingerprint density at radius 1 is 1.04 bits per heavy atom. The third kappa shape index (κ3) is 4.25. The van der Waals surface area contributed by atoms with Crippen LogP contribution in [0.1, 0.15) is 46.1 Å². The molecule has 0 saturated carbocycles. The lowest BCUT2D eigenvalue weighted by molar-refractivity contribution is 0.393. The highest BCUT2D eigenvalue weighted by Crippen LogP contribution is 2.29. The lowest BCUT2D eigenvalue weighted by Gasteiger charge is -2.05. The number of benzene rings is 2. The molecule has 0 aliphatic carbocycles. The number of imidazole rings is 1. The third-order valence-corrected chi connectivity index (χ3v) is 4.28. The van der Waals surface area contributed by atoms with Crippen LogP contribution in [-0.2, 0) is 6.54 Å². The van der Waals surface area contributed by atoms with Crippen LogP contribution in [0.4, 0.5) is 0 Å². The maximum Gasteiger partial charge on any atom is 0.326 e. The monoisotopic (exact) mass is 381 g/mol. The molecule has 2 aromatic heterocycles. The Kier molecular flexibility index (Phi) is 7.38. The Hall–Kier alpha value is -3.08. The maximum absolute atomic E-state index is 12.4. The van der Waals surface area contributed by atoms with E-state index < -0.39 is 0 Å². The minimum absolute atomic E-state index is 0. The molecule has 0 atom stereocenters. The molecule has 0 aliphatic heterocycles. The van der Waals surface area contributed by atoms with Crippen LogP contribution < -0.4 is 5.69 Å². The molecule has 0 bridgehead atoms. The average molecular weight is 382 g/mol. The quantitative estimate of drug-likeness (QED) is 0.477. The van der Waals surface area contributed by atoms with Crippen LogP contribution in [0.3, 0.4) is 0 Å². The fourth-order valence-corrected chi connectivity index (χ4v) is 3.13. The van der Waals surface area contributed by atoms with Gasteiger partial charge in [0.1, 0.15) is 5.76 Å². The second-order valence-corrected chi connectivity index (χ2v) is 5.93. The molecule has 0 amide bonds. The van der Waals surface area contributed by atoms with Crippen molar-refractivity contribution in [2.45, 2.75) is 48.1 Å². The van der Waals surface area contributed by atoms with Crippen LogP contribution in [-0.4, -0.2) is 14.7 Å². The van der Waals surface area contributed by atoms with E-state index in [2.05, 4.69) is 10.1 Å². The van der Waals surface area contributed by atoms with Gasteiger partial charge in [-0.3, -0.25) is 4.57 Å². The molecule has 4 aromatic rings. The molecule has 5 nitrogen and oxygen atoms in total. The van der Waals surface area contributed by atoms with E-state index in [-0.39, 0.29) is 7.12 Å². The van der Waals surface area contributed by atoms with Gasteiger partial charge in [0.25, 0.3) is 0 Å². The molecule has 28 heavy (non-hydrogen) atoms. The summed E-state index contributed by atoms with van der Waals surface area (Å²) in [4.78, 5) is 15.3. The number of fused-ring (bicyclic) bond motifs is 1. The Bertz CT molecular complexity index is 1060. The molecular formula is C23H31N3O2. The SMILES string of the molecule is CC.CC.Cc1noc(C)c1-c1ccc2[nH]c(=O)n(Cc3ccccc3)c2c1.[HH]. The molecule has 0 spiro atoms. The number of aryl methyl sites for hydroxylation is 2. The predicted molar refractivity (Wildman–Crippen MR) is 118 cm³/mol. The second-order valence-electron chi connectivity index (χ2n) is 5.93. The van der Waals surface area contributed by atoms with Crippen molar-refractivity contribution in [3.8, 4) is 11.1 Å². The van der Waals surface area contributed by atoms with E-state index >= 15 is 0 Å². The molecule has 0 unspecified atom stereocenters. The molecule has 4 rings (SSSR count). The molecule has 0 aliphatic rings. The minimum Gasteiger partial charge on any atom is -0.361 e. The van der Waals surface area contributed by atoms with Gasteiger partial charge in [0.2, 0.25) is 0 Å². The average Bonchev–Trinajstić information content (AvgIpc) is 3.24. The number of hydrogen-bond donors (Lipinski definition) is 1. The summed E-state index contributed by atoms with van der Waals surface area (Å²) in [6, 6.07) is 15.9. The van der Waals surface area contributed by atoms with Gasteiger partial charge in [0, 0.05) is 6.99 Å². The van der Waals surface area contributed by atoms with Gasteiger partial charge in [0.15, 0.2) is 0 Å². The zero-order chi connectivity index (χ0) is 20.7. The highest BCUT2D eigenvalue weighted by atomic mass is 16.5. The molecule has 2 heterocycles. The van der Waals surface area contributed by atoms with Crippen LogP contribution in [0, 0.1) is 13.8 Å². The summed E-state index contributed by atoms with van der Waals surface area (Å²) in [5, 5.41) is 4.02. The minimum atomic E-state index is -0.107. The van der Waals surface area contributed by atoms with Crippen LogP contribution in [0.2, 0.25) is 0 Å². The number of aromatic amines is 1. The number of hydrogen-bond acceptors (Lipinski definition) is 3. The van der Waals surface area contributed by atoms with Crippen molar-refractivity contribution in [2.24, 2.45) is 0 Å². The van der Waals surface area contributed by atoms with Gasteiger partial charge >= 0.3 is 5.69 Å². The smallest absolute Gasteiger partial charge is 0.326 e. The van der Waals surface area contributed by atoms with Gasteiger partial charge in [-0.1, -0.05) is 69.2 Å². The first kappa shape index (κ1) is 21.2. The zero-order valence-corrected chi connectivity index (χ0v) is 17.5. The summed E-state index contributed by atoms with van der Waals surface area (Å²) < 4.78 is 7.02. The number of H-pyrrole nitrogens is 1. The van der Waals surface area contributed by atoms with Crippen LogP contribution in [0.5, 0.6) is 0 Å². The van der Waals surface area contributed by atoms with Crippen molar-refractivity contribution >= 4 is 11.0 Å². The van der Waals surface area contributed by atoms with E-state index in [4.69, 9.17) is 4.52 Å². The van der Waals surface area contributed by atoms with E-state index in [0.29, 0.717) is 6.54 Å².